The van der Waals surface area contributed by atoms with Crippen LogP contribution in [0.1, 0.15) is 36.2 Å². The number of rotatable bonds is 5. The van der Waals surface area contributed by atoms with E-state index >= 15 is 0 Å². The zero-order valence-corrected chi connectivity index (χ0v) is 13.1. The molecule has 21 heavy (non-hydrogen) atoms. The number of hydrogen-bond acceptors (Lipinski definition) is 2. The molecule has 1 aliphatic rings. The number of Topliss-reactive ketones (excluding diaryl/α,β-unsaturated/α-hetero) is 1. The molecule has 110 valence electrons. The summed E-state index contributed by atoms with van der Waals surface area (Å²) in [5.74, 6) is 0.806. The second kappa shape index (κ2) is 5.64. The summed E-state index contributed by atoms with van der Waals surface area (Å²) in [4.78, 5) is 12.5. The minimum Gasteiger partial charge on any atom is -0.299 e. The molecule has 2 atom stereocenters. The van der Waals surface area contributed by atoms with Crippen LogP contribution in [-0.4, -0.2) is 15.6 Å². The molecule has 1 fully saturated rings. The summed E-state index contributed by atoms with van der Waals surface area (Å²) in [7, 11) is 0. The van der Waals surface area contributed by atoms with Gasteiger partial charge in [-0.1, -0.05) is 41.9 Å². The Morgan fingerprint density at radius 3 is 2.76 bits per heavy atom. The van der Waals surface area contributed by atoms with Crippen molar-refractivity contribution in [3.63, 3.8) is 0 Å². The molecular formula is C17H19ClN2O. The predicted octanol–water partition coefficient (Wildman–Crippen LogP) is 3.78. The molecule has 0 saturated heterocycles. The van der Waals surface area contributed by atoms with Crippen molar-refractivity contribution in [2.45, 2.75) is 39.2 Å². The van der Waals surface area contributed by atoms with Gasteiger partial charge >= 0.3 is 0 Å². The number of ketones is 1. The molecule has 0 N–H and O–H groups in total. The molecule has 1 aromatic heterocycles. The first-order valence-electron chi connectivity index (χ1n) is 7.41. The number of halogens is 1. The summed E-state index contributed by atoms with van der Waals surface area (Å²) in [5.41, 5.74) is 2.93. The molecule has 0 spiro atoms. The van der Waals surface area contributed by atoms with Crippen molar-refractivity contribution in [1.82, 2.24) is 9.78 Å². The van der Waals surface area contributed by atoms with E-state index in [0.29, 0.717) is 17.4 Å². The third-order valence-corrected chi connectivity index (χ3v) is 4.72. The molecule has 1 aliphatic carbocycles. The van der Waals surface area contributed by atoms with Gasteiger partial charge < -0.3 is 0 Å². The predicted molar refractivity (Wildman–Crippen MR) is 83.6 cm³/mol. The fraction of sp³-hybridized carbons (Fsp3) is 0.412. The molecule has 0 radical (unpaired) electrons. The quantitative estimate of drug-likeness (QED) is 0.842. The van der Waals surface area contributed by atoms with Gasteiger partial charge in [-0.25, -0.2) is 0 Å². The zero-order chi connectivity index (χ0) is 15.0. The van der Waals surface area contributed by atoms with Crippen LogP contribution in [0, 0.1) is 12.8 Å². The Labute approximate surface area is 129 Å². The Hall–Kier alpha value is -1.61. The fourth-order valence-electron chi connectivity index (χ4n) is 2.95. The summed E-state index contributed by atoms with van der Waals surface area (Å²) >= 11 is 6.28. The molecule has 1 aromatic carbocycles. The second-order valence-corrected chi connectivity index (χ2v) is 6.04. The first-order valence-corrected chi connectivity index (χ1v) is 7.79. The minimum atomic E-state index is 0.143. The Kier molecular flexibility index (Phi) is 3.85. The van der Waals surface area contributed by atoms with Crippen LogP contribution in [0.5, 0.6) is 0 Å². The summed E-state index contributed by atoms with van der Waals surface area (Å²) in [6.07, 6.45) is 1.35. The fourth-order valence-corrected chi connectivity index (χ4v) is 3.16. The van der Waals surface area contributed by atoms with Crippen LogP contribution in [0.15, 0.2) is 30.3 Å². The lowest BCUT2D eigenvalue weighted by molar-refractivity contribution is -0.119. The van der Waals surface area contributed by atoms with Crippen molar-refractivity contribution in [2.75, 3.05) is 0 Å². The molecule has 1 saturated carbocycles. The molecule has 2 unspecified atom stereocenters. The monoisotopic (exact) mass is 302 g/mol. The van der Waals surface area contributed by atoms with Crippen LogP contribution in [0.2, 0.25) is 5.02 Å². The maximum Gasteiger partial charge on any atom is 0.142 e. The van der Waals surface area contributed by atoms with Gasteiger partial charge in [0.15, 0.2) is 0 Å². The van der Waals surface area contributed by atoms with Crippen LogP contribution < -0.4 is 0 Å². The van der Waals surface area contributed by atoms with Gasteiger partial charge in [0.2, 0.25) is 0 Å². The first kappa shape index (κ1) is 14.3. The highest BCUT2D eigenvalue weighted by molar-refractivity contribution is 6.32. The van der Waals surface area contributed by atoms with E-state index in [4.69, 9.17) is 11.6 Å². The molecule has 2 aromatic rings. The topological polar surface area (TPSA) is 34.9 Å². The highest BCUT2D eigenvalue weighted by Crippen LogP contribution is 2.48. The Morgan fingerprint density at radius 2 is 2.10 bits per heavy atom. The zero-order valence-electron chi connectivity index (χ0n) is 12.3. The molecular weight excluding hydrogens is 284 g/mol. The summed E-state index contributed by atoms with van der Waals surface area (Å²) in [5, 5.41) is 5.01. The van der Waals surface area contributed by atoms with Crippen molar-refractivity contribution in [2.24, 2.45) is 5.92 Å². The highest BCUT2D eigenvalue weighted by Gasteiger charge is 2.43. The summed E-state index contributed by atoms with van der Waals surface area (Å²) in [6, 6.07) is 10.3. The van der Waals surface area contributed by atoms with Gasteiger partial charge in [0.25, 0.3) is 0 Å². The average molecular weight is 303 g/mol. The maximum absolute atomic E-state index is 12.5. The van der Waals surface area contributed by atoms with E-state index in [0.717, 1.165) is 24.4 Å². The lowest BCUT2D eigenvalue weighted by Gasteiger charge is -2.05. The van der Waals surface area contributed by atoms with Crippen LogP contribution >= 0.6 is 11.6 Å². The van der Waals surface area contributed by atoms with E-state index in [-0.39, 0.29) is 11.7 Å². The van der Waals surface area contributed by atoms with Crippen LogP contribution in [0.3, 0.4) is 0 Å². The molecule has 0 bridgehead atoms. The highest BCUT2D eigenvalue weighted by atomic mass is 35.5. The number of aryl methyl sites for hydroxylation is 2. The smallest absolute Gasteiger partial charge is 0.142 e. The average Bonchev–Trinajstić information content (AvgIpc) is 3.26. The van der Waals surface area contributed by atoms with E-state index < -0.39 is 0 Å². The van der Waals surface area contributed by atoms with Gasteiger partial charge in [0.1, 0.15) is 5.78 Å². The van der Waals surface area contributed by atoms with E-state index in [1.165, 1.54) is 5.56 Å². The number of carbonyl (C=O) groups excluding carboxylic acids is 1. The largest absolute Gasteiger partial charge is 0.299 e. The van der Waals surface area contributed by atoms with Gasteiger partial charge in [-0.15, -0.1) is 0 Å². The molecule has 0 aliphatic heterocycles. The second-order valence-electron chi connectivity index (χ2n) is 5.66. The van der Waals surface area contributed by atoms with Crippen LogP contribution in [0.4, 0.5) is 0 Å². The third kappa shape index (κ3) is 2.75. The van der Waals surface area contributed by atoms with E-state index in [9.17, 15) is 4.79 Å². The van der Waals surface area contributed by atoms with Gasteiger partial charge in [0, 0.05) is 12.5 Å². The first-order chi connectivity index (χ1) is 10.1. The number of carbonyl (C=O) groups is 1. The number of nitrogens with zero attached hydrogens (tertiary/aromatic N) is 2. The van der Waals surface area contributed by atoms with E-state index in [1.807, 2.05) is 36.7 Å². The summed E-state index contributed by atoms with van der Waals surface area (Å²) in [6.45, 7) is 4.63. The van der Waals surface area contributed by atoms with Crippen LogP contribution in [0.25, 0.3) is 0 Å². The third-order valence-electron chi connectivity index (χ3n) is 4.23. The van der Waals surface area contributed by atoms with Gasteiger partial charge in [-0.2, -0.15) is 5.10 Å². The molecule has 0 amide bonds. The molecule has 3 rings (SSSR count). The van der Waals surface area contributed by atoms with E-state index in [1.54, 1.807) is 0 Å². The van der Waals surface area contributed by atoms with Crippen molar-refractivity contribution in [1.29, 1.82) is 0 Å². The van der Waals surface area contributed by atoms with Crippen molar-refractivity contribution in [3.8, 4) is 0 Å². The summed E-state index contributed by atoms with van der Waals surface area (Å²) < 4.78 is 1.84. The van der Waals surface area contributed by atoms with Crippen molar-refractivity contribution in [3.05, 3.63) is 52.3 Å². The number of aromatic nitrogens is 2. The number of benzene rings is 1. The lowest BCUT2D eigenvalue weighted by Crippen LogP contribution is -2.12. The normalized spacial score (nSPS) is 20.5. The SMILES string of the molecule is CCn1nc(C)c(Cl)c1CC(=O)C1CC1c1ccccc1. The Balaban J connectivity index is 1.71. The van der Waals surface area contributed by atoms with E-state index in [2.05, 4.69) is 17.2 Å². The molecule has 4 heteroatoms. The molecule has 1 heterocycles. The Morgan fingerprint density at radius 1 is 1.38 bits per heavy atom. The maximum atomic E-state index is 12.5. The van der Waals surface area contributed by atoms with Crippen molar-refractivity contribution < 1.29 is 4.79 Å². The standard InChI is InChI=1S/C17H19ClN2O/c1-3-20-15(17(18)11(2)19-20)10-16(21)14-9-13(14)12-7-5-4-6-8-12/h4-8,13-14H,3,9-10H2,1-2H3. The van der Waals surface area contributed by atoms with Crippen LogP contribution in [-0.2, 0) is 17.8 Å². The Bertz CT molecular complexity index is 663. The van der Waals surface area contributed by atoms with Crippen molar-refractivity contribution >= 4 is 17.4 Å². The molecule has 3 nitrogen and oxygen atoms in total. The van der Waals surface area contributed by atoms with Gasteiger partial charge in [-0.05, 0) is 31.7 Å². The number of hydrogen-bond donors (Lipinski definition) is 0. The minimum absolute atomic E-state index is 0.143. The van der Waals surface area contributed by atoms with Gasteiger partial charge in [-0.3, -0.25) is 9.48 Å². The van der Waals surface area contributed by atoms with Gasteiger partial charge in [0.05, 0.1) is 22.8 Å². The lowest BCUT2D eigenvalue weighted by atomic mass is 10.0.